The molecule has 9 atom stereocenters. The summed E-state index contributed by atoms with van der Waals surface area (Å²) >= 11 is 0. The number of urea groups is 1. The Morgan fingerprint density at radius 1 is 0.558 bits per heavy atom. The van der Waals surface area contributed by atoms with Gasteiger partial charge in [-0.1, -0.05) is 74.5 Å². The molecule has 0 saturated heterocycles. The summed E-state index contributed by atoms with van der Waals surface area (Å²) in [5.74, 6) is -10.8. The molecule has 508 valence electrons. The molecule has 0 saturated carbocycles. The highest BCUT2D eigenvalue weighted by atomic mass is 19.1. The van der Waals surface area contributed by atoms with E-state index in [4.69, 9.17) is 16.9 Å². The van der Waals surface area contributed by atoms with Crippen molar-refractivity contribution in [3.8, 4) is 5.75 Å². The van der Waals surface area contributed by atoms with Gasteiger partial charge in [-0.25, -0.2) is 14.6 Å². The van der Waals surface area contributed by atoms with Crippen molar-refractivity contribution in [2.24, 2.45) is 17.4 Å². The second-order valence-electron chi connectivity index (χ2n) is 23.2. The van der Waals surface area contributed by atoms with Gasteiger partial charge < -0.3 is 84.8 Å². The molecule has 0 bridgehead atoms. The number of hydrogen-bond acceptors (Lipinski definition) is 14. The van der Waals surface area contributed by atoms with Crippen LogP contribution >= 0.6 is 0 Å². The number of carbonyl (C=O) groups is 11. The predicted molar refractivity (Wildman–Crippen MR) is 347 cm³/mol. The smallest absolute Gasteiger partial charge is 0.334 e. The molecule has 0 fully saturated rings. The zero-order valence-corrected chi connectivity index (χ0v) is 52.9. The number of hydrogen-bond donors (Lipinski definition) is 19. The third kappa shape index (κ3) is 22.6. The summed E-state index contributed by atoms with van der Waals surface area (Å²) in [5.41, 5.74) is 19.0. The first-order valence-electron chi connectivity index (χ1n) is 30.5. The summed E-state index contributed by atoms with van der Waals surface area (Å²) in [7, 11) is 1.53. The van der Waals surface area contributed by atoms with Gasteiger partial charge >= 0.3 is 6.03 Å². The van der Waals surface area contributed by atoms with Crippen molar-refractivity contribution in [2.75, 3.05) is 13.6 Å². The fourth-order valence-corrected chi connectivity index (χ4v) is 10.3. The van der Waals surface area contributed by atoms with Gasteiger partial charge in [-0.3, -0.25) is 58.8 Å². The number of phenols is 1. The van der Waals surface area contributed by atoms with Crippen molar-refractivity contribution in [1.29, 1.82) is 5.41 Å². The van der Waals surface area contributed by atoms with Crippen LogP contribution in [0.25, 0.3) is 21.8 Å². The van der Waals surface area contributed by atoms with Gasteiger partial charge in [0.1, 0.15) is 59.9 Å². The third-order valence-electron chi connectivity index (χ3n) is 15.1. The molecule has 0 aliphatic rings. The van der Waals surface area contributed by atoms with Crippen LogP contribution in [0.1, 0.15) is 75.6 Å². The van der Waals surface area contributed by atoms with Gasteiger partial charge in [-0.2, -0.15) is 0 Å². The van der Waals surface area contributed by atoms with Gasteiger partial charge in [0, 0.05) is 80.4 Å². The molecular formula is C64H82FN17O13. The van der Waals surface area contributed by atoms with E-state index >= 15 is 0 Å². The van der Waals surface area contributed by atoms with E-state index in [9.17, 15) is 67.3 Å². The van der Waals surface area contributed by atoms with Crippen LogP contribution in [0.2, 0.25) is 0 Å². The number of guanidine groups is 1. The molecule has 0 radical (unpaired) electrons. The lowest BCUT2D eigenvalue weighted by atomic mass is 10.0. The first kappa shape index (κ1) is 72.9. The number of para-hydroxylation sites is 2. The van der Waals surface area contributed by atoms with E-state index in [1.165, 1.54) is 50.4 Å². The number of fused-ring (bicyclic) bond motifs is 2. The Bertz CT molecular complexity index is 3730. The number of carbonyl (C=O) groups excluding carboxylic acids is 11. The maximum Gasteiger partial charge on any atom is 0.334 e. The van der Waals surface area contributed by atoms with Gasteiger partial charge in [0.05, 0.1) is 12.5 Å². The van der Waals surface area contributed by atoms with Crippen molar-refractivity contribution in [3.05, 3.63) is 138 Å². The van der Waals surface area contributed by atoms with Crippen molar-refractivity contribution in [3.63, 3.8) is 0 Å². The number of amides is 12. The van der Waals surface area contributed by atoms with Crippen LogP contribution in [0, 0.1) is 17.1 Å². The summed E-state index contributed by atoms with van der Waals surface area (Å²) in [5, 5.41) is 55.7. The predicted octanol–water partition coefficient (Wildman–Crippen LogP) is -0.811. The number of aromatic amines is 2. The molecular weight excluding hydrogens is 1230 g/mol. The van der Waals surface area contributed by atoms with Gasteiger partial charge in [-0.15, -0.1) is 0 Å². The van der Waals surface area contributed by atoms with Crippen LogP contribution in [0.3, 0.4) is 0 Å². The monoisotopic (exact) mass is 1320 g/mol. The van der Waals surface area contributed by atoms with E-state index in [0.29, 0.717) is 27.6 Å². The molecule has 6 aromatic rings. The molecule has 31 heteroatoms. The van der Waals surface area contributed by atoms with E-state index < -0.39 is 138 Å². The number of aromatic hydroxyl groups is 1. The maximum absolute atomic E-state index is 14.6. The molecule has 2 aromatic heterocycles. The molecule has 6 rings (SSSR count). The Kier molecular flexibility index (Phi) is 26.9. The third-order valence-corrected chi connectivity index (χ3v) is 15.1. The standard InChI is InChI=1S/C64H82FN17O13/c1-33(2)24-48(57(89)74-46(18-11-23-70-63(68)69-5)56(88)75-47(55(67)87)28-38-31-71-44-16-8-6-14-42(38)44)79-64(95)82-81-61(93)50(27-37-12-10-13-40(65)25-37)78-62(94)54(34(3)83)80-60(92)52(30-53(66)86)77-59(91)51(29-39-32-72-45-17-9-7-15-43(39)45)76-58(90)49(73-35(4)84)26-36-19-21-41(85)22-20-36/h6-10,12-17,19-22,25,31-34,46-52,54,71-72,83,85H,11,18,23-24,26-30H2,1-5H3,(H2,66,86)(H2,67,87)(H,73,84)(H,74,89)(H,75,88)(H,76,90)(H,77,91)(H,78,94)(H,80,92)(H,81,93)(H3,68,69,70)(H2,79,82,95)/t34-,46+,47+,48+,49-,50+,51+,52+,54+/m1/s1. The Morgan fingerprint density at radius 2 is 1.07 bits per heavy atom. The van der Waals surface area contributed by atoms with E-state index in [0.717, 1.165) is 30.0 Å². The highest BCUT2D eigenvalue weighted by Gasteiger charge is 2.36. The number of hydrazine groups is 1. The number of nitrogens with one attached hydrogen (secondary N) is 15. The average Bonchev–Trinajstić information content (AvgIpc) is 1.69. The minimum absolute atomic E-state index is 0.00276. The second-order valence-corrected chi connectivity index (χ2v) is 23.2. The maximum atomic E-state index is 14.6. The Morgan fingerprint density at radius 3 is 1.64 bits per heavy atom. The molecule has 21 N–H and O–H groups in total. The summed E-state index contributed by atoms with van der Waals surface area (Å²) in [4.78, 5) is 157. The number of phenolic OH excluding ortho intramolecular Hbond substituents is 1. The zero-order chi connectivity index (χ0) is 69.5. The molecule has 2 heterocycles. The summed E-state index contributed by atoms with van der Waals surface area (Å²) in [6.07, 6.45) is -0.0174. The molecule has 4 aromatic carbocycles. The van der Waals surface area contributed by atoms with Crippen LogP contribution in [0.15, 0.2) is 109 Å². The number of benzene rings is 4. The van der Waals surface area contributed by atoms with Crippen LogP contribution in [-0.4, -0.2) is 159 Å². The van der Waals surface area contributed by atoms with Crippen LogP contribution in [0.4, 0.5) is 9.18 Å². The molecule has 0 spiro atoms. The fraction of sp³-hybridized carbons (Fsp3) is 0.375. The Hall–Kier alpha value is -11.1. The topological polar surface area (TPSA) is 480 Å². The number of nitrogens with two attached hydrogens (primary N) is 2. The first-order chi connectivity index (χ1) is 45.2. The lowest BCUT2D eigenvalue weighted by molar-refractivity contribution is -0.137. The molecule has 30 nitrogen and oxygen atoms in total. The SMILES string of the molecule is CNC(=N)NCCC[C@H](NC(=O)[C@H](CC(C)C)NC(=O)NNC(=O)[C@H](Cc1cccc(F)c1)NC(=O)[C@@H](NC(=O)[C@H](CC(N)=O)NC(=O)[C@H](Cc1c[nH]c2ccccc12)NC(=O)[C@@H](Cc1ccc(O)cc1)NC(C)=O)[C@@H](C)O)C(=O)N[C@@H](Cc1c[nH]c2ccccc12)C(N)=O. The minimum Gasteiger partial charge on any atom is -0.508 e. The second kappa shape index (κ2) is 35.1. The van der Waals surface area contributed by atoms with E-state index in [1.54, 1.807) is 50.5 Å². The number of rotatable bonds is 33. The summed E-state index contributed by atoms with van der Waals surface area (Å²) in [6, 6.07) is 11.5. The summed E-state index contributed by atoms with van der Waals surface area (Å²) < 4.78 is 14.6. The number of primary amides is 2. The number of halogens is 1. The lowest BCUT2D eigenvalue weighted by Gasteiger charge is -2.28. The van der Waals surface area contributed by atoms with Gasteiger partial charge in [0.2, 0.25) is 53.2 Å². The quantitative estimate of drug-likeness (QED) is 0.0104. The first-order valence-corrected chi connectivity index (χ1v) is 30.5. The number of H-pyrrole nitrogens is 2. The van der Waals surface area contributed by atoms with Gasteiger partial charge in [0.15, 0.2) is 5.96 Å². The summed E-state index contributed by atoms with van der Waals surface area (Å²) in [6.45, 7) is 5.94. The molecule has 0 aliphatic carbocycles. The molecule has 95 heavy (non-hydrogen) atoms. The zero-order valence-electron chi connectivity index (χ0n) is 52.9. The highest BCUT2D eigenvalue weighted by molar-refractivity contribution is 5.99. The van der Waals surface area contributed by atoms with Crippen molar-refractivity contribution in [1.82, 2.24) is 74.0 Å². The lowest BCUT2D eigenvalue weighted by Crippen LogP contribution is -2.62. The highest BCUT2D eigenvalue weighted by Crippen LogP contribution is 2.22. The van der Waals surface area contributed by atoms with E-state index in [2.05, 4.69) is 74.0 Å². The number of aromatic nitrogens is 2. The van der Waals surface area contributed by atoms with E-state index in [1.807, 2.05) is 24.3 Å². The van der Waals surface area contributed by atoms with Gasteiger partial charge in [-0.05, 0) is 90.8 Å². The van der Waals surface area contributed by atoms with Gasteiger partial charge in [0.25, 0.3) is 5.91 Å². The minimum atomic E-state index is -1.98. The normalized spacial score (nSPS) is 13.9. The van der Waals surface area contributed by atoms with Crippen molar-refractivity contribution < 1.29 is 67.3 Å². The molecule has 12 amide bonds. The van der Waals surface area contributed by atoms with Crippen LogP contribution in [0.5, 0.6) is 5.75 Å². The molecule has 0 unspecified atom stereocenters. The van der Waals surface area contributed by atoms with Crippen LogP contribution < -0.4 is 75.5 Å². The Balaban J connectivity index is 1.17. The van der Waals surface area contributed by atoms with E-state index in [-0.39, 0.29) is 68.3 Å². The number of aliphatic hydroxyl groups is 1. The van der Waals surface area contributed by atoms with Crippen molar-refractivity contribution >= 4 is 92.9 Å². The fourth-order valence-electron chi connectivity index (χ4n) is 10.3. The average molecular weight is 1320 g/mol. The number of aliphatic hydroxyl groups excluding tert-OH is 1. The Labute approximate surface area is 545 Å². The molecule has 0 aliphatic heterocycles. The largest absolute Gasteiger partial charge is 0.508 e. The van der Waals surface area contributed by atoms with Crippen LogP contribution in [-0.2, 0) is 73.6 Å². The van der Waals surface area contributed by atoms with Crippen molar-refractivity contribution in [2.45, 2.75) is 134 Å².